The van der Waals surface area contributed by atoms with Crippen LogP contribution in [-0.4, -0.2) is 36.5 Å². The summed E-state index contributed by atoms with van der Waals surface area (Å²) in [5, 5.41) is 9.53. The van der Waals surface area contributed by atoms with Crippen molar-refractivity contribution in [2.75, 3.05) is 13.7 Å². The molecule has 1 aliphatic heterocycles. The molecule has 0 radical (unpaired) electrons. The second-order valence-electron chi connectivity index (χ2n) is 7.10. The van der Waals surface area contributed by atoms with Crippen LogP contribution in [-0.2, 0) is 9.59 Å². The molecule has 0 atom stereocenters. The third-order valence-electron chi connectivity index (χ3n) is 5.32. The van der Waals surface area contributed by atoms with Gasteiger partial charge >= 0.3 is 0 Å². The first-order valence-electron chi connectivity index (χ1n) is 9.64. The van der Waals surface area contributed by atoms with Gasteiger partial charge in [0.25, 0.3) is 11.8 Å². The lowest BCUT2D eigenvalue weighted by molar-refractivity contribution is -0.143. The molecule has 1 aromatic rings. The second kappa shape index (κ2) is 8.78. The van der Waals surface area contributed by atoms with Gasteiger partial charge in [-0.25, -0.2) is 0 Å². The normalized spacial score (nSPS) is 18.9. The van der Waals surface area contributed by atoms with Gasteiger partial charge < -0.3 is 9.47 Å². The van der Waals surface area contributed by atoms with Crippen LogP contribution in [0, 0.1) is 11.3 Å². The lowest BCUT2D eigenvalue weighted by atomic mass is 9.92. The average molecular weight is 392 g/mol. The number of carbonyl (C=O) groups is 2. The molecule has 150 valence electrons. The number of amides is 2. The summed E-state index contributed by atoms with van der Waals surface area (Å²) in [6.45, 7) is 5.62. The molecule has 2 aliphatic rings. The van der Waals surface area contributed by atoms with Crippen molar-refractivity contribution in [3.8, 4) is 17.6 Å². The van der Waals surface area contributed by atoms with E-state index in [-0.39, 0.29) is 17.5 Å². The SMILES string of the molecule is C=CCOc1ccc(/C=C2/C(=O)N(C3CCCC3)C(=O)C(C#N)=C2C)cc1OC. The second-order valence-corrected chi connectivity index (χ2v) is 7.10. The number of nitrogens with zero attached hydrogens (tertiary/aromatic N) is 2. The molecule has 6 heteroatoms. The maximum Gasteiger partial charge on any atom is 0.271 e. The van der Waals surface area contributed by atoms with Gasteiger partial charge in [0.15, 0.2) is 11.5 Å². The smallest absolute Gasteiger partial charge is 0.271 e. The standard InChI is InChI=1S/C23H24N2O4/c1-4-11-29-20-10-9-16(13-21(20)28-3)12-18-15(2)19(14-24)23(27)25(22(18)26)17-7-5-6-8-17/h4,9-10,12-13,17H,1,5-8,11H2,2-3H3/b18-12+. The van der Waals surface area contributed by atoms with Crippen molar-refractivity contribution in [3.05, 3.63) is 53.1 Å². The summed E-state index contributed by atoms with van der Waals surface area (Å²) in [5.41, 5.74) is 1.51. The predicted octanol–water partition coefficient (Wildman–Crippen LogP) is 3.79. The third kappa shape index (κ3) is 3.95. The third-order valence-corrected chi connectivity index (χ3v) is 5.32. The number of hydrogen-bond acceptors (Lipinski definition) is 5. The zero-order chi connectivity index (χ0) is 21.0. The van der Waals surface area contributed by atoms with Gasteiger partial charge in [0, 0.05) is 11.6 Å². The van der Waals surface area contributed by atoms with E-state index in [2.05, 4.69) is 6.58 Å². The van der Waals surface area contributed by atoms with E-state index in [0.29, 0.717) is 34.8 Å². The van der Waals surface area contributed by atoms with Gasteiger partial charge in [-0.2, -0.15) is 5.26 Å². The van der Waals surface area contributed by atoms with Crippen molar-refractivity contribution in [2.24, 2.45) is 0 Å². The zero-order valence-electron chi connectivity index (χ0n) is 16.7. The van der Waals surface area contributed by atoms with Gasteiger partial charge in [-0.05, 0) is 49.1 Å². The molecule has 3 rings (SSSR count). The van der Waals surface area contributed by atoms with E-state index in [4.69, 9.17) is 9.47 Å². The van der Waals surface area contributed by atoms with Crippen LogP contribution in [0.5, 0.6) is 11.5 Å². The first-order valence-corrected chi connectivity index (χ1v) is 9.64. The van der Waals surface area contributed by atoms with Gasteiger partial charge in [-0.15, -0.1) is 0 Å². The molecule has 0 unspecified atom stereocenters. The summed E-state index contributed by atoms with van der Waals surface area (Å²) in [6, 6.07) is 7.17. The first kappa shape index (κ1) is 20.4. The number of rotatable bonds is 6. The molecule has 1 saturated carbocycles. The number of hydrogen-bond donors (Lipinski definition) is 0. The Bertz CT molecular complexity index is 946. The first-order chi connectivity index (χ1) is 14.0. The number of carbonyl (C=O) groups excluding carboxylic acids is 2. The average Bonchev–Trinajstić information content (AvgIpc) is 3.24. The Morgan fingerprint density at radius 3 is 2.59 bits per heavy atom. The molecule has 0 spiro atoms. The molecule has 1 aromatic carbocycles. The monoisotopic (exact) mass is 392 g/mol. The van der Waals surface area contributed by atoms with Crippen LogP contribution in [0.2, 0.25) is 0 Å². The predicted molar refractivity (Wildman–Crippen MR) is 109 cm³/mol. The Morgan fingerprint density at radius 1 is 1.24 bits per heavy atom. The van der Waals surface area contributed by atoms with Crippen LogP contribution in [0.3, 0.4) is 0 Å². The topological polar surface area (TPSA) is 79.6 Å². The van der Waals surface area contributed by atoms with Crippen molar-refractivity contribution >= 4 is 17.9 Å². The van der Waals surface area contributed by atoms with Crippen LogP contribution in [0.25, 0.3) is 6.08 Å². The molecule has 29 heavy (non-hydrogen) atoms. The molecule has 1 fully saturated rings. The Balaban J connectivity index is 2.03. The molecule has 0 bridgehead atoms. The van der Waals surface area contributed by atoms with E-state index in [9.17, 15) is 14.9 Å². The highest BCUT2D eigenvalue weighted by atomic mass is 16.5. The lowest BCUT2D eigenvalue weighted by Gasteiger charge is -2.32. The molecule has 0 saturated heterocycles. The van der Waals surface area contributed by atoms with E-state index >= 15 is 0 Å². The fourth-order valence-corrected chi connectivity index (χ4v) is 3.80. The van der Waals surface area contributed by atoms with Crippen molar-refractivity contribution in [3.63, 3.8) is 0 Å². The van der Waals surface area contributed by atoms with Gasteiger partial charge in [-0.3, -0.25) is 14.5 Å². The fraction of sp³-hybridized carbons (Fsp3) is 0.348. The summed E-state index contributed by atoms with van der Waals surface area (Å²) in [6.07, 6.45) is 6.87. The van der Waals surface area contributed by atoms with E-state index in [1.54, 1.807) is 37.3 Å². The molecule has 1 heterocycles. The van der Waals surface area contributed by atoms with Gasteiger partial charge in [0.2, 0.25) is 0 Å². The summed E-state index contributed by atoms with van der Waals surface area (Å²) < 4.78 is 10.9. The largest absolute Gasteiger partial charge is 0.493 e. The van der Waals surface area contributed by atoms with Crippen molar-refractivity contribution in [1.82, 2.24) is 4.90 Å². The van der Waals surface area contributed by atoms with E-state index < -0.39 is 5.91 Å². The van der Waals surface area contributed by atoms with Crippen LogP contribution in [0.15, 0.2) is 47.6 Å². The van der Waals surface area contributed by atoms with E-state index in [1.807, 2.05) is 6.07 Å². The molecule has 0 aromatic heterocycles. The minimum absolute atomic E-state index is 0.0284. The minimum Gasteiger partial charge on any atom is -0.493 e. The molecular formula is C23H24N2O4. The van der Waals surface area contributed by atoms with Crippen molar-refractivity contribution < 1.29 is 19.1 Å². The van der Waals surface area contributed by atoms with Crippen LogP contribution in [0.1, 0.15) is 38.2 Å². The highest BCUT2D eigenvalue weighted by Crippen LogP contribution is 2.34. The van der Waals surface area contributed by atoms with Crippen molar-refractivity contribution in [1.29, 1.82) is 5.26 Å². The summed E-state index contributed by atoms with van der Waals surface area (Å²) in [5.74, 6) is 0.265. The fourth-order valence-electron chi connectivity index (χ4n) is 3.80. The summed E-state index contributed by atoms with van der Waals surface area (Å²) in [7, 11) is 1.54. The maximum atomic E-state index is 13.2. The maximum absolute atomic E-state index is 13.2. The van der Waals surface area contributed by atoms with Crippen molar-refractivity contribution in [2.45, 2.75) is 38.6 Å². The number of ether oxygens (including phenoxy) is 2. The van der Waals surface area contributed by atoms with Crippen LogP contribution < -0.4 is 9.47 Å². The van der Waals surface area contributed by atoms with E-state index in [0.717, 1.165) is 25.7 Å². The van der Waals surface area contributed by atoms with Gasteiger partial charge in [-0.1, -0.05) is 31.6 Å². The number of methoxy groups -OCH3 is 1. The highest BCUT2D eigenvalue weighted by Gasteiger charge is 2.40. The number of imide groups is 1. The Kier molecular flexibility index (Phi) is 6.18. The Hall–Kier alpha value is -3.33. The number of nitriles is 1. The molecule has 0 N–H and O–H groups in total. The quantitative estimate of drug-likeness (QED) is 0.418. The molecule has 1 aliphatic carbocycles. The Labute approximate surface area is 170 Å². The highest BCUT2D eigenvalue weighted by molar-refractivity contribution is 6.19. The minimum atomic E-state index is -0.482. The van der Waals surface area contributed by atoms with Crippen LogP contribution >= 0.6 is 0 Å². The summed E-state index contributed by atoms with van der Waals surface area (Å²) in [4.78, 5) is 27.2. The van der Waals surface area contributed by atoms with Gasteiger partial charge in [0.1, 0.15) is 18.2 Å². The molecular weight excluding hydrogens is 368 g/mol. The molecule has 6 nitrogen and oxygen atoms in total. The summed E-state index contributed by atoms with van der Waals surface area (Å²) >= 11 is 0. The van der Waals surface area contributed by atoms with Gasteiger partial charge in [0.05, 0.1) is 7.11 Å². The Morgan fingerprint density at radius 2 is 1.97 bits per heavy atom. The zero-order valence-corrected chi connectivity index (χ0v) is 16.7. The van der Waals surface area contributed by atoms with E-state index in [1.165, 1.54) is 12.0 Å². The number of benzene rings is 1. The lowest BCUT2D eigenvalue weighted by Crippen LogP contribution is -2.47. The molecule has 2 amide bonds. The van der Waals surface area contributed by atoms with Crippen LogP contribution in [0.4, 0.5) is 0 Å².